The Morgan fingerprint density at radius 1 is 1.50 bits per heavy atom. The SMILES string of the molecule is CC1=C2CC3(C)C(=CC2(O)OC1=O)CCCC3C. The Bertz CT molecular complexity index is 488. The summed E-state index contributed by atoms with van der Waals surface area (Å²) in [5, 5.41) is 10.5. The highest BCUT2D eigenvalue weighted by molar-refractivity contribution is 5.92. The Morgan fingerprint density at radius 2 is 2.22 bits per heavy atom. The first-order valence-corrected chi connectivity index (χ1v) is 6.75. The number of hydrogen-bond donors (Lipinski definition) is 1. The van der Waals surface area contributed by atoms with Gasteiger partial charge in [0, 0.05) is 11.1 Å². The molecule has 0 aromatic carbocycles. The molecule has 0 spiro atoms. The lowest BCUT2D eigenvalue weighted by atomic mass is 9.58. The number of esters is 1. The molecule has 0 amide bonds. The van der Waals surface area contributed by atoms with Gasteiger partial charge in [-0.1, -0.05) is 19.4 Å². The molecule has 3 unspecified atom stereocenters. The fraction of sp³-hybridized carbons (Fsp3) is 0.667. The van der Waals surface area contributed by atoms with Gasteiger partial charge in [-0.25, -0.2) is 4.79 Å². The van der Waals surface area contributed by atoms with Gasteiger partial charge in [0.1, 0.15) is 0 Å². The molecule has 0 aromatic rings. The first-order chi connectivity index (χ1) is 8.37. The van der Waals surface area contributed by atoms with E-state index in [1.54, 1.807) is 13.0 Å². The van der Waals surface area contributed by atoms with Crippen LogP contribution in [0, 0.1) is 11.3 Å². The molecule has 1 N–H and O–H groups in total. The van der Waals surface area contributed by atoms with E-state index in [0.717, 1.165) is 24.8 Å². The molecule has 0 bridgehead atoms. The number of aliphatic hydroxyl groups is 1. The van der Waals surface area contributed by atoms with E-state index >= 15 is 0 Å². The molecule has 0 saturated heterocycles. The fourth-order valence-corrected chi connectivity index (χ4v) is 3.69. The van der Waals surface area contributed by atoms with Crippen molar-refractivity contribution in [1.82, 2.24) is 0 Å². The first kappa shape index (κ1) is 12.0. The zero-order chi connectivity index (χ0) is 13.1. The third kappa shape index (κ3) is 1.37. The average molecular weight is 248 g/mol. The highest BCUT2D eigenvalue weighted by Crippen LogP contribution is 2.56. The number of fused-ring (bicyclic) bond motifs is 2. The summed E-state index contributed by atoms with van der Waals surface area (Å²) in [5.41, 5.74) is 2.70. The van der Waals surface area contributed by atoms with Gasteiger partial charge in [-0.3, -0.25) is 0 Å². The number of ether oxygens (including phenoxy) is 1. The Morgan fingerprint density at radius 3 is 2.94 bits per heavy atom. The van der Waals surface area contributed by atoms with E-state index < -0.39 is 5.79 Å². The van der Waals surface area contributed by atoms with Crippen LogP contribution in [-0.4, -0.2) is 16.9 Å². The minimum Gasteiger partial charge on any atom is -0.422 e. The molecule has 3 nitrogen and oxygen atoms in total. The smallest absolute Gasteiger partial charge is 0.336 e. The standard InChI is InChI=1S/C15H20O3/c1-9-5-4-6-11-7-15(17)12(8-14(9,11)3)10(2)13(16)18-15/h7,9,17H,4-6,8H2,1-3H3. The minimum atomic E-state index is -1.45. The maximum atomic E-state index is 11.7. The molecule has 0 aromatic heterocycles. The van der Waals surface area contributed by atoms with Crippen molar-refractivity contribution < 1.29 is 14.6 Å². The molecular weight excluding hydrogens is 228 g/mol. The lowest BCUT2D eigenvalue weighted by Crippen LogP contribution is -2.42. The van der Waals surface area contributed by atoms with Crippen LogP contribution in [0.1, 0.15) is 46.5 Å². The van der Waals surface area contributed by atoms with Crippen LogP contribution in [0.3, 0.4) is 0 Å². The third-order valence-electron chi connectivity index (χ3n) is 5.26. The van der Waals surface area contributed by atoms with Crippen LogP contribution >= 0.6 is 0 Å². The summed E-state index contributed by atoms with van der Waals surface area (Å²) in [4.78, 5) is 11.7. The van der Waals surface area contributed by atoms with E-state index in [1.165, 1.54) is 12.0 Å². The second-order valence-corrected chi connectivity index (χ2v) is 6.25. The Labute approximate surface area is 108 Å². The van der Waals surface area contributed by atoms with Crippen molar-refractivity contribution in [3.05, 3.63) is 22.8 Å². The van der Waals surface area contributed by atoms with E-state index in [-0.39, 0.29) is 11.4 Å². The highest BCUT2D eigenvalue weighted by Gasteiger charge is 2.52. The highest BCUT2D eigenvalue weighted by atomic mass is 16.7. The summed E-state index contributed by atoms with van der Waals surface area (Å²) in [5.74, 6) is -1.25. The van der Waals surface area contributed by atoms with Crippen LogP contribution in [0.4, 0.5) is 0 Å². The summed E-state index contributed by atoms with van der Waals surface area (Å²) in [6.07, 6.45) is 5.93. The Hall–Kier alpha value is -1.09. The Kier molecular flexibility index (Phi) is 2.31. The van der Waals surface area contributed by atoms with Gasteiger partial charge in [-0.2, -0.15) is 0 Å². The van der Waals surface area contributed by atoms with Crippen molar-refractivity contribution in [3.8, 4) is 0 Å². The van der Waals surface area contributed by atoms with Gasteiger partial charge >= 0.3 is 5.97 Å². The summed E-state index contributed by atoms with van der Waals surface area (Å²) in [6.45, 7) is 6.28. The third-order valence-corrected chi connectivity index (χ3v) is 5.26. The number of hydrogen-bond acceptors (Lipinski definition) is 3. The van der Waals surface area contributed by atoms with Crippen molar-refractivity contribution in [2.45, 2.75) is 52.2 Å². The molecular formula is C15H20O3. The molecule has 1 fully saturated rings. The molecule has 3 aliphatic rings. The molecule has 1 saturated carbocycles. The van der Waals surface area contributed by atoms with Gasteiger partial charge in [-0.15, -0.1) is 0 Å². The van der Waals surface area contributed by atoms with Gasteiger partial charge < -0.3 is 9.84 Å². The topological polar surface area (TPSA) is 46.5 Å². The summed E-state index contributed by atoms with van der Waals surface area (Å²) >= 11 is 0. The second-order valence-electron chi connectivity index (χ2n) is 6.25. The number of rotatable bonds is 0. The molecule has 3 atom stereocenters. The van der Waals surface area contributed by atoms with E-state index in [0.29, 0.717) is 11.5 Å². The Balaban J connectivity index is 2.14. The van der Waals surface area contributed by atoms with E-state index in [1.807, 2.05) is 0 Å². The van der Waals surface area contributed by atoms with Crippen molar-refractivity contribution in [2.24, 2.45) is 11.3 Å². The maximum absolute atomic E-state index is 11.7. The molecule has 3 rings (SSSR count). The first-order valence-electron chi connectivity index (χ1n) is 6.75. The summed E-state index contributed by atoms with van der Waals surface area (Å²) < 4.78 is 5.16. The van der Waals surface area contributed by atoms with Crippen molar-refractivity contribution in [1.29, 1.82) is 0 Å². The summed E-state index contributed by atoms with van der Waals surface area (Å²) in [6, 6.07) is 0. The maximum Gasteiger partial charge on any atom is 0.336 e. The van der Waals surface area contributed by atoms with Crippen LogP contribution in [0.15, 0.2) is 22.8 Å². The molecule has 1 aliphatic heterocycles. The summed E-state index contributed by atoms with van der Waals surface area (Å²) in [7, 11) is 0. The molecule has 2 aliphatic carbocycles. The van der Waals surface area contributed by atoms with Gasteiger partial charge in [0.15, 0.2) is 0 Å². The predicted molar refractivity (Wildman–Crippen MR) is 67.6 cm³/mol. The fourth-order valence-electron chi connectivity index (χ4n) is 3.69. The second kappa shape index (κ2) is 3.47. The quantitative estimate of drug-likeness (QED) is 0.529. The van der Waals surface area contributed by atoms with Gasteiger partial charge in [0.05, 0.1) is 0 Å². The lowest BCUT2D eigenvalue weighted by molar-refractivity contribution is -0.169. The minimum absolute atomic E-state index is 0.0784. The van der Waals surface area contributed by atoms with Crippen LogP contribution in [-0.2, 0) is 9.53 Å². The van der Waals surface area contributed by atoms with Gasteiger partial charge in [0.25, 0.3) is 5.79 Å². The van der Waals surface area contributed by atoms with Crippen LogP contribution in [0.25, 0.3) is 0 Å². The number of carbonyl (C=O) groups excluding carboxylic acids is 1. The average Bonchev–Trinajstić information content (AvgIpc) is 2.50. The van der Waals surface area contributed by atoms with E-state index in [9.17, 15) is 9.90 Å². The lowest BCUT2D eigenvalue weighted by Gasteiger charge is -2.47. The monoisotopic (exact) mass is 248 g/mol. The van der Waals surface area contributed by atoms with E-state index in [4.69, 9.17) is 4.74 Å². The van der Waals surface area contributed by atoms with Crippen molar-refractivity contribution in [3.63, 3.8) is 0 Å². The number of carbonyl (C=O) groups is 1. The van der Waals surface area contributed by atoms with Crippen molar-refractivity contribution >= 4 is 5.97 Å². The van der Waals surface area contributed by atoms with Gasteiger partial charge in [-0.05, 0) is 50.0 Å². The normalized spacial score (nSPS) is 43.2. The van der Waals surface area contributed by atoms with Gasteiger partial charge in [0.2, 0.25) is 0 Å². The molecule has 18 heavy (non-hydrogen) atoms. The predicted octanol–water partition coefficient (Wildman–Crippen LogP) is 2.70. The zero-order valence-corrected chi connectivity index (χ0v) is 11.2. The van der Waals surface area contributed by atoms with E-state index in [2.05, 4.69) is 13.8 Å². The molecule has 0 radical (unpaired) electrons. The molecule has 98 valence electrons. The molecule has 1 heterocycles. The number of allylic oxidation sites excluding steroid dienone is 1. The zero-order valence-electron chi connectivity index (χ0n) is 11.2. The molecule has 3 heteroatoms. The van der Waals surface area contributed by atoms with Crippen molar-refractivity contribution in [2.75, 3.05) is 0 Å². The van der Waals surface area contributed by atoms with Crippen LogP contribution in [0.5, 0.6) is 0 Å². The van der Waals surface area contributed by atoms with Crippen LogP contribution < -0.4 is 0 Å². The largest absolute Gasteiger partial charge is 0.422 e. The van der Waals surface area contributed by atoms with Crippen LogP contribution in [0.2, 0.25) is 0 Å².